The Morgan fingerprint density at radius 2 is 1.60 bits per heavy atom. The Balaban J connectivity index is 1.57. The number of hydrogen-bond acceptors (Lipinski definition) is 6. The number of anilines is 1. The van der Waals surface area contributed by atoms with Crippen molar-refractivity contribution in [3.05, 3.63) is 83.4 Å². The van der Waals surface area contributed by atoms with E-state index in [0.29, 0.717) is 33.9 Å². The Morgan fingerprint density at radius 3 is 2.20 bits per heavy atom. The van der Waals surface area contributed by atoms with E-state index < -0.39 is 5.25 Å². The molecule has 4 rings (SSSR count). The molecule has 1 aliphatic heterocycles. The second-order valence-electron chi connectivity index (χ2n) is 7.73. The number of rotatable bonds is 7. The molecule has 1 N–H and O–H groups in total. The van der Waals surface area contributed by atoms with Crippen molar-refractivity contribution in [2.75, 3.05) is 19.5 Å². The maximum atomic E-state index is 13.2. The lowest BCUT2D eigenvalue weighted by Crippen LogP contribution is -2.44. The number of methoxy groups -OCH3 is 2. The molecule has 0 saturated carbocycles. The third-order valence-electron chi connectivity index (χ3n) is 5.34. The Hall–Kier alpha value is -3.49. The maximum absolute atomic E-state index is 13.2. The van der Waals surface area contributed by atoms with Gasteiger partial charge in [-0.05, 0) is 66.2 Å². The van der Waals surface area contributed by atoms with Gasteiger partial charge < -0.3 is 14.8 Å². The van der Waals surface area contributed by atoms with Crippen LogP contribution in [0.3, 0.4) is 0 Å². The fourth-order valence-electron chi connectivity index (χ4n) is 3.43. The number of amidine groups is 1. The minimum Gasteiger partial charge on any atom is -0.497 e. The van der Waals surface area contributed by atoms with Crippen molar-refractivity contribution < 1.29 is 19.1 Å². The minimum absolute atomic E-state index is 0.0580. The number of benzene rings is 3. The Kier molecular flexibility index (Phi) is 7.94. The highest BCUT2D eigenvalue weighted by Gasteiger charge is 2.36. The van der Waals surface area contributed by atoms with E-state index in [1.165, 1.54) is 11.8 Å². The summed E-state index contributed by atoms with van der Waals surface area (Å²) in [7, 11) is 3.19. The number of halogens is 1. The van der Waals surface area contributed by atoms with E-state index in [1.54, 1.807) is 67.7 Å². The van der Waals surface area contributed by atoms with E-state index in [2.05, 4.69) is 10.3 Å². The molecule has 0 aliphatic carbocycles. The molecule has 35 heavy (non-hydrogen) atoms. The Bertz CT molecular complexity index is 1210. The van der Waals surface area contributed by atoms with Crippen molar-refractivity contribution in [2.24, 2.45) is 4.99 Å². The third kappa shape index (κ3) is 6.35. The van der Waals surface area contributed by atoms with Gasteiger partial charge in [-0.3, -0.25) is 14.5 Å². The van der Waals surface area contributed by atoms with Crippen LogP contribution < -0.4 is 14.8 Å². The molecule has 0 bridgehead atoms. The quantitative estimate of drug-likeness (QED) is 0.453. The zero-order chi connectivity index (χ0) is 24.8. The first-order chi connectivity index (χ1) is 16.9. The number of carbonyl (C=O) groups excluding carboxylic acids is 2. The van der Waals surface area contributed by atoms with Gasteiger partial charge in [-0.25, -0.2) is 4.99 Å². The predicted octanol–water partition coefficient (Wildman–Crippen LogP) is 5.52. The SMILES string of the molecule is COc1ccc(CN2C(=O)CC(C(=O)Nc3ccc(OC)cc3)SC2=Nc2ccc(Cl)cc2)cc1. The lowest BCUT2D eigenvalue weighted by molar-refractivity contribution is -0.129. The summed E-state index contributed by atoms with van der Waals surface area (Å²) < 4.78 is 10.4. The average Bonchev–Trinajstić information content (AvgIpc) is 2.88. The van der Waals surface area contributed by atoms with Crippen LogP contribution in [0, 0.1) is 0 Å². The molecule has 0 spiro atoms. The molecule has 180 valence electrons. The summed E-state index contributed by atoms with van der Waals surface area (Å²) in [4.78, 5) is 32.5. The van der Waals surface area contributed by atoms with Crippen LogP contribution in [0.4, 0.5) is 11.4 Å². The van der Waals surface area contributed by atoms with Crippen molar-refractivity contribution in [1.82, 2.24) is 4.90 Å². The number of ether oxygens (including phenoxy) is 2. The number of carbonyl (C=O) groups is 2. The molecule has 1 fully saturated rings. The number of aliphatic imine (C=N–C) groups is 1. The Morgan fingerprint density at radius 1 is 1.00 bits per heavy atom. The monoisotopic (exact) mass is 509 g/mol. The molecule has 9 heteroatoms. The van der Waals surface area contributed by atoms with E-state index in [1.807, 2.05) is 24.3 Å². The van der Waals surface area contributed by atoms with Crippen molar-refractivity contribution in [3.63, 3.8) is 0 Å². The molecule has 0 radical (unpaired) electrons. The molecule has 2 amide bonds. The van der Waals surface area contributed by atoms with Crippen LogP contribution in [0.25, 0.3) is 0 Å². The first-order valence-electron chi connectivity index (χ1n) is 10.8. The number of nitrogens with one attached hydrogen (secondary N) is 1. The zero-order valence-electron chi connectivity index (χ0n) is 19.2. The number of thioether (sulfide) groups is 1. The van der Waals surface area contributed by atoms with Crippen LogP contribution >= 0.6 is 23.4 Å². The summed E-state index contributed by atoms with van der Waals surface area (Å²) in [5.41, 5.74) is 2.19. The van der Waals surface area contributed by atoms with Crippen LogP contribution in [0.15, 0.2) is 77.8 Å². The third-order valence-corrected chi connectivity index (χ3v) is 6.78. The lowest BCUT2D eigenvalue weighted by atomic mass is 10.2. The minimum atomic E-state index is -0.622. The number of hydrogen-bond donors (Lipinski definition) is 1. The van der Waals surface area contributed by atoms with E-state index in [4.69, 9.17) is 21.1 Å². The standard InChI is InChI=1S/C26H24ClN3O4S/c1-33-21-11-3-17(4-12-21)16-30-24(31)15-23(25(32)28-19-9-13-22(34-2)14-10-19)35-26(30)29-20-7-5-18(27)6-8-20/h3-14,23H,15-16H2,1-2H3,(H,28,32). The van der Waals surface area contributed by atoms with Crippen LogP contribution in [-0.4, -0.2) is 41.4 Å². The molecule has 3 aromatic carbocycles. The van der Waals surface area contributed by atoms with Crippen LogP contribution in [0.1, 0.15) is 12.0 Å². The van der Waals surface area contributed by atoms with Gasteiger partial charge in [-0.2, -0.15) is 0 Å². The molecule has 3 aromatic rings. The van der Waals surface area contributed by atoms with E-state index >= 15 is 0 Å². The van der Waals surface area contributed by atoms with Crippen molar-refractivity contribution in [2.45, 2.75) is 18.2 Å². The average molecular weight is 510 g/mol. The Labute approximate surface area is 213 Å². The summed E-state index contributed by atoms with van der Waals surface area (Å²) in [6.45, 7) is 0.328. The normalized spacial score (nSPS) is 16.8. The van der Waals surface area contributed by atoms with E-state index in [0.717, 1.165) is 11.3 Å². The molecule has 0 aromatic heterocycles. The summed E-state index contributed by atoms with van der Waals surface area (Å²) in [6, 6.07) is 21.5. The fraction of sp³-hybridized carbons (Fsp3) is 0.192. The smallest absolute Gasteiger partial charge is 0.238 e. The highest BCUT2D eigenvalue weighted by Crippen LogP contribution is 2.31. The predicted molar refractivity (Wildman–Crippen MR) is 140 cm³/mol. The highest BCUT2D eigenvalue weighted by atomic mass is 35.5. The first-order valence-corrected chi connectivity index (χ1v) is 12.1. The number of amides is 2. The fourth-order valence-corrected chi connectivity index (χ4v) is 4.66. The molecule has 1 heterocycles. The van der Waals surface area contributed by atoms with Gasteiger partial charge in [0.05, 0.1) is 26.5 Å². The largest absolute Gasteiger partial charge is 0.497 e. The molecule has 1 saturated heterocycles. The lowest BCUT2D eigenvalue weighted by Gasteiger charge is -2.32. The van der Waals surface area contributed by atoms with Gasteiger partial charge in [-0.15, -0.1) is 0 Å². The van der Waals surface area contributed by atoms with Crippen molar-refractivity contribution in [1.29, 1.82) is 0 Å². The zero-order valence-corrected chi connectivity index (χ0v) is 20.8. The highest BCUT2D eigenvalue weighted by molar-refractivity contribution is 8.15. The second kappa shape index (κ2) is 11.3. The van der Waals surface area contributed by atoms with Gasteiger partial charge in [0, 0.05) is 17.1 Å². The van der Waals surface area contributed by atoms with Gasteiger partial charge in [0.25, 0.3) is 0 Å². The van der Waals surface area contributed by atoms with E-state index in [9.17, 15) is 9.59 Å². The molecule has 7 nitrogen and oxygen atoms in total. The van der Waals surface area contributed by atoms with Gasteiger partial charge in [-0.1, -0.05) is 35.5 Å². The molecule has 1 unspecified atom stereocenters. The van der Waals surface area contributed by atoms with Crippen molar-refractivity contribution in [3.8, 4) is 11.5 Å². The van der Waals surface area contributed by atoms with Gasteiger partial charge >= 0.3 is 0 Å². The summed E-state index contributed by atoms with van der Waals surface area (Å²) >= 11 is 7.27. The first kappa shape index (κ1) is 24.6. The topological polar surface area (TPSA) is 80.2 Å². The maximum Gasteiger partial charge on any atom is 0.238 e. The van der Waals surface area contributed by atoms with Gasteiger partial charge in [0.15, 0.2) is 5.17 Å². The summed E-state index contributed by atoms with van der Waals surface area (Å²) in [5.74, 6) is 0.985. The van der Waals surface area contributed by atoms with Crippen LogP contribution in [0.5, 0.6) is 11.5 Å². The van der Waals surface area contributed by atoms with Crippen LogP contribution in [0.2, 0.25) is 5.02 Å². The van der Waals surface area contributed by atoms with Gasteiger partial charge in [0.1, 0.15) is 16.7 Å². The van der Waals surface area contributed by atoms with Gasteiger partial charge in [0.2, 0.25) is 11.8 Å². The van der Waals surface area contributed by atoms with Crippen molar-refractivity contribution >= 4 is 51.7 Å². The summed E-state index contributed by atoms with van der Waals surface area (Å²) in [5, 5.41) is 3.30. The molecular formula is C26H24ClN3O4S. The summed E-state index contributed by atoms with van der Waals surface area (Å²) in [6.07, 6.45) is 0.0580. The molecular weight excluding hydrogens is 486 g/mol. The van der Waals surface area contributed by atoms with E-state index in [-0.39, 0.29) is 18.2 Å². The number of nitrogens with zero attached hydrogens (tertiary/aromatic N) is 2. The van der Waals surface area contributed by atoms with Crippen LogP contribution in [-0.2, 0) is 16.1 Å². The molecule has 1 atom stereocenters. The second-order valence-corrected chi connectivity index (χ2v) is 9.33. The molecule has 1 aliphatic rings.